The number of nitrogens with two attached hydrogens (primary N) is 1. The summed E-state index contributed by atoms with van der Waals surface area (Å²) >= 11 is 6.46. The van der Waals surface area contributed by atoms with Crippen LogP contribution in [-0.4, -0.2) is 11.5 Å². The summed E-state index contributed by atoms with van der Waals surface area (Å²) in [6, 6.07) is 6.27. The van der Waals surface area contributed by atoms with Gasteiger partial charge >= 0.3 is 0 Å². The summed E-state index contributed by atoms with van der Waals surface area (Å²) in [5, 5.41) is 2.10. The van der Waals surface area contributed by atoms with E-state index in [0.29, 0.717) is 12.5 Å². The van der Waals surface area contributed by atoms with Gasteiger partial charge in [-0.05, 0) is 37.4 Å². The summed E-state index contributed by atoms with van der Waals surface area (Å²) in [4.78, 5) is 3.45. The lowest BCUT2D eigenvalue weighted by Crippen LogP contribution is -2.02. The molecule has 2 nitrogen and oxygen atoms in total. The summed E-state index contributed by atoms with van der Waals surface area (Å²) in [5.41, 5.74) is 9.26. The molecule has 2 aromatic rings. The molecule has 3 N–H and O–H groups in total. The lowest BCUT2D eigenvalue weighted by molar-refractivity contribution is 0.977. The lowest BCUT2D eigenvalue weighted by atomic mass is 10.1. The van der Waals surface area contributed by atoms with Crippen LogP contribution < -0.4 is 5.73 Å². The molecule has 16 heavy (non-hydrogen) atoms. The standard InChI is InChI=1S/C13H15ClN2/c14-12-11-8(6-7-15)2-1-3-10(11)16-13(12)9-4-5-9/h1-3,9,16H,4-7,15H2. The number of hydrogen-bond donors (Lipinski definition) is 2. The fourth-order valence-electron chi connectivity index (χ4n) is 2.32. The molecule has 1 aromatic heterocycles. The number of rotatable bonds is 3. The molecule has 0 saturated heterocycles. The van der Waals surface area contributed by atoms with Crippen LogP contribution in [0.5, 0.6) is 0 Å². The van der Waals surface area contributed by atoms with Crippen LogP contribution in [-0.2, 0) is 6.42 Å². The van der Waals surface area contributed by atoms with Gasteiger partial charge in [-0.2, -0.15) is 0 Å². The first-order valence-corrected chi connectivity index (χ1v) is 6.18. The van der Waals surface area contributed by atoms with Gasteiger partial charge in [-0.15, -0.1) is 0 Å². The van der Waals surface area contributed by atoms with E-state index in [1.54, 1.807) is 0 Å². The molecule has 84 valence electrons. The largest absolute Gasteiger partial charge is 0.357 e. The van der Waals surface area contributed by atoms with E-state index in [1.807, 2.05) is 0 Å². The van der Waals surface area contributed by atoms with E-state index in [4.69, 9.17) is 17.3 Å². The maximum absolute atomic E-state index is 6.46. The van der Waals surface area contributed by atoms with Crippen molar-refractivity contribution in [3.63, 3.8) is 0 Å². The normalized spacial score (nSPS) is 15.9. The van der Waals surface area contributed by atoms with Gasteiger partial charge in [0.05, 0.1) is 5.02 Å². The second-order valence-electron chi connectivity index (χ2n) is 4.51. The molecule has 1 aliphatic rings. The summed E-state index contributed by atoms with van der Waals surface area (Å²) < 4.78 is 0. The van der Waals surface area contributed by atoms with Gasteiger partial charge in [0.15, 0.2) is 0 Å². The van der Waals surface area contributed by atoms with Crippen LogP contribution >= 0.6 is 11.6 Å². The predicted molar refractivity (Wildman–Crippen MR) is 68.0 cm³/mol. The zero-order valence-electron chi connectivity index (χ0n) is 9.09. The number of aromatic amines is 1. The van der Waals surface area contributed by atoms with Gasteiger partial charge in [0.2, 0.25) is 0 Å². The van der Waals surface area contributed by atoms with Crippen molar-refractivity contribution in [2.24, 2.45) is 5.73 Å². The molecule has 1 fully saturated rings. The molecule has 0 atom stereocenters. The Balaban J connectivity index is 2.20. The molecule has 1 aromatic carbocycles. The molecule has 0 spiro atoms. The van der Waals surface area contributed by atoms with Gasteiger partial charge in [0, 0.05) is 22.5 Å². The van der Waals surface area contributed by atoms with Crippen molar-refractivity contribution >= 4 is 22.5 Å². The van der Waals surface area contributed by atoms with E-state index in [9.17, 15) is 0 Å². The Kier molecular flexibility index (Phi) is 2.41. The van der Waals surface area contributed by atoms with Gasteiger partial charge in [0.25, 0.3) is 0 Å². The van der Waals surface area contributed by atoms with Crippen molar-refractivity contribution in [3.05, 3.63) is 34.5 Å². The van der Waals surface area contributed by atoms with Crippen molar-refractivity contribution in [2.75, 3.05) is 6.54 Å². The quantitative estimate of drug-likeness (QED) is 0.842. The monoisotopic (exact) mass is 234 g/mol. The van der Waals surface area contributed by atoms with Crippen LogP contribution in [0.2, 0.25) is 5.02 Å². The molecule has 0 bridgehead atoms. The van der Waals surface area contributed by atoms with Gasteiger partial charge in [0.1, 0.15) is 0 Å². The molecule has 3 rings (SSSR count). The number of nitrogens with one attached hydrogen (secondary N) is 1. The fourth-order valence-corrected chi connectivity index (χ4v) is 2.74. The minimum absolute atomic E-state index is 0.658. The van der Waals surface area contributed by atoms with E-state index < -0.39 is 0 Å². The minimum Gasteiger partial charge on any atom is -0.357 e. The minimum atomic E-state index is 0.658. The molecule has 1 saturated carbocycles. The van der Waals surface area contributed by atoms with Gasteiger partial charge < -0.3 is 10.7 Å². The molecule has 0 amide bonds. The van der Waals surface area contributed by atoms with Crippen LogP contribution in [0.3, 0.4) is 0 Å². The second-order valence-corrected chi connectivity index (χ2v) is 4.88. The van der Waals surface area contributed by atoms with E-state index in [0.717, 1.165) is 17.0 Å². The van der Waals surface area contributed by atoms with Crippen molar-refractivity contribution in [3.8, 4) is 0 Å². The van der Waals surface area contributed by atoms with E-state index in [-0.39, 0.29) is 0 Å². The second kappa shape index (κ2) is 3.79. The average molecular weight is 235 g/mol. The average Bonchev–Trinajstić information content (AvgIpc) is 3.05. The number of H-pyrrole nitrogens is 1. The highest BCUT2D eigenvalue weighted by molar-refractivity contribution is 6.36. The number of fused-ring (bicyclic) bond motifs is 1. The molecular formula is C13H15ClN2. The Bertz CT molecular complexity index is 526. The third kappa shape index (κ3) is 1.53. The topological polar surface area (TPSA) is 41.8 Å². The Morgan fingerprint density at radius 2 is 2.19 bits per heavy atom. The van der Waals surface area contributed by atoms with Crippen LogP contribution in [0.4, 0.5) is 0 Å². The SMILES string of the molecule is NCCc1cccc2[nH]c(C3CC3)c(Cl)c12. The highest BCUT2D eigenvalue weighted by atomic mass is 35.5. The Morgan fingerprint density at radius 3 is 2.88 bits per heavy atom. The summed E-state index contributed by atoms with van der Waals surface area (Å²) in [7, 11) is 0. The molecule has 0 radical (unpaired) electrons. The van der Waals surface area contributed by atoms with Crippen LogP contribution in [0.1, 0.15) is 30.0 Å². The number of hydrogen-bond acceptors (Lipinski definition) is 1. The van der Waals surface area contributed by atoms with Gasteiger partial charge in [-0.25, -0.2) is 0 Å². The zero-order valence-corrected chi connectivity index (χ0v) is 9.85. The fraction of sp³-hybridized carbons (Fsp3) is 0.385. The molecule has 0 unspecified atom stereocenters. The lowest BCUT2D eigenvalue weighted by Gasteiger charge is -2.01. The van der Waals surface area contributed by atoms with Gasteiger partial charge in [-0.1, -0.05) is 23.7 Å². The number of halogens is 1. The van der Waals surface area contributed by atoms with Crippen LogP contribution in [0, 0.1) is 0 Å². The van der Waals surface area contributed by atoms with Crippen molar-refractivity contribution in [2.45, 2.75) is 25.2 Å². The van der Waals surface area contributed by atoms with E-state index in [1.165, 1.54) is 29.5 Å². The number of aromatic nitrogens is 1. The summed E-state index contributed by atoms with van der Waals surface area (Å²) in [6.45, 7) is 0.666. The third-order valence-corrected chi connectivity index (χ3v) is 3.67. The van der Waals surface area contributed by atoms with Gasteiger partial charge in [-0.3, -0.25) is 0 Å². The first-order valence-electron chi connectivity index (χ1n) is 5.80. The summed E-state index contributed by atoms with van der Waals surface area (Å²) in [6.07, 6.45) is 3.41. The maximum Gasteiger partial charge on any atom is 0.0697 e. The van der Waals surface area contributed by atoms with E-state index in [2.05, 4.69) is 23.2 Å². The smallest absolute Gasteiger partial charge is 0.0697 e. The third-order valence-electron chi connectivity index (χ3n) is 3.28. The maximum atomic E-state index is 6.46. The first-order chi connectivity index (χ1) is 7.81. The Labute approximate surface area is 99.8 Å². The molecule has 3 heteroatoms. The van der Waals surface area contributed by atoms with E-state index >= 15 is 0 Å². The van der Waals surface area contributed by atoms with Crippen molar-refractivity contribution in [1.29, 1.82) is 0 Å². The van der Waals surface area contributed by atoms with Crippen LogP contribution in [0.15, 0.2) is 18.2 Å². The Hall–Kier alpha value is -0.990. The molecule has 1 aliphatic carbocycles. The summed E-state index contributed by atoms with van der Waals surface area (Å²) in [5.74, 6) is 0.658. The highest BCUT2D eigenvalue weighted by Crippen LogP contribution is 2.45. The molecule has 0 aliphatic heterocycles. The van der Waals surface area contributed by atoms with Crippen LogP contribution in [0.25, 0.3) is 10.9 Å². The van der Waals surface area contributed by atoms with Crippen molar-refractivity contribution < 1.29 is 0 Å². The first kappa shape index (κ1) is 10.2. The van der Waals surface area contributed by atoms with Crippen molar-refractivity contribution in [1.82, 2.24) is 4.98 Å². The zero-order chi connectivity index (χ0) is 11.1. The predicted octanol–water partition coefficient (Wildman–Crippen LogP) is 3.20. The molecular weight excluding hydrogens is 220 g/mol. The highest BCUT2D eigenvalue weighted by Gasteiger charge is 2.28. The molecule has 1 heterocycles. The Morgan fingerprint density at radius 1 is 1.38 bits per heavy atom. The number of benzene rings is 1.